The van der Waals surface area contributed by atoms with Crippen molar-refractivity contribution in [2.24, 2.45) is 5.92 Å². The van der Waals surface area contributed by atoms with Crippen LogP contribution in [0.25, 0.3) is 6.08 Å². The Balaban J connectivity index is 1.87. The second kappa shape index (κ2) is 11.5. The highest BCUT2D eigenvalue weighted by atomic mass is 16.5. The van der Waals surface area contributed by atoms with Gasteiger partial charge < -0.3 is 20.1 Å². The zero-order valence-electron chi connectivity index (χ0n) is 21.3. The Labute approximate surface area is 205 Å². The summed E-state index contributed by atoms with van der Waals surface area (Å²) in [5.41, 5.74) is 5.27. The second-order valence-corrected chi connectivity index (χ2v) is 10.0. The molecular formula is C30H42O4. The van der Waals surface area contributed by atoms with E-state index in [2.05, 4.69) is 64.1 Å². The minimum Gasteiger partial charge on any atom is -0.493 e. The van der Waals surface area contributed by atoms with Gasteiger partial charge in [-0.1, -0.05) is 69.2 Å². The van der Waals surface area contributed by atoms with Crippen LogP contribution in [0.1, 0.15) is 80.2 Å². The lowest BCUT2D eigenvalue weighted by Gasteiger charge is -2.34. The van der Waals surface area contributed by atoms with Gasteiger partial charge in [0.1, 0.15) is 5.75 Å². The number of aryl methyl sites for hydroxylation is 2. The molecule has 0 heterocycles. The minimum atomic E-state index is -0.641. The van der Waals surface area contributed by atoms with Crippen LogP contribution in [0.3, 0.4) is 0 Å². The van der Waals surface area contributed by atoms with Crippen molar-refractivity contribution in [3.05, 3.63) is 70.3 Å². The van der Waals surface area contributed by atoms with Gasteiger partial charge in [0.2, 0.25) is 0 Å². The predicted molar refractivity (Wildman–Crippen MR) is 139 cm³/mol. The Bertz CT molecular complexity index is 964. The number of ether oxygens (including phenoxy) is 1. The van der Waals surface area contributed by atoms with E-state index in [4.69, 9.17) is 4.74 Å². The molecule has 4 nitrogen and oxygen atoms in total. The number of rotatable bonds is 11. The summed E-state index contributed by atoms with van der Waals surface area (Å²) in [5, 5.41) is 29.3. The van der Waals surface area contributed by atoms with Crippen LogP contribution in [0.2, 0.25) is 0 Å². The molecule has 3 N–H and O–H groups in total. The van der Waals surface area contributed by atoms with Gasteiger partial charge in [-0.3, -0.25) is 0 Å². The lowest BCUT2D eigenvalue weighted by Crippen LogP contribution is -2.26. The number of aliphatic hydroxyl groups is 3. The van der Waals surface area contributed by atoms with Gasteiger partial charge in [-0.25, -0.2) is 0 Å². The summed E-state index contributed by atoms with van der Waals surface area (Å²) in [6.45, 7) is 8.80. The largest absolute Gasteiger partial charge is 0.493 e. The van der Waals surface area contributed by atoms with Crippen LogP contribution in [0.15, 0.2) is 42.5 Å². The van der Waals surface area contributed by atoms with Crippen LogP contribution in [0.5, 0.6) is 5.75 Å². The molecule has 0 bridgehead atoms. The van der Waals surface area contributed by atoms with E-state index in [1.807, 2.05) is 12.1 Å². The van der Waals surface area contributed by atoms with Gasteiger partial charge in [0.15, 0.2) is 0 Å². The molecule has 1 aliphatic carbocycles. The quantitative estimate of drug-likeness (QED) is 0.397. The van der Waals surface area contributed by atoms with Crippen molar-refractivity contribution in [3.63, 3.8) is 0 Å². The molecule has 1 aliphatic rings. The number of hydrogen-bond donors (Lipinski definition) is 3. The molecule has 0 radical (unpaired) electrons. The molecule has 4 heteroatoms. The topological polar surface area (TPSA) is 69.9 Å². The molecule has 34 heavy (non-hydrogen) atoms. The van der Waals surface area contributed by atoms with Crippen molar-refractivity contribution in [2.45, 2.75) is 77.2 Å². The average Bonchev–Trinajstić information content (AvgIpc) is 3.28. The first kappa shape index (κ1) is 26.5. The molecule has 3 rings (SSSR count). The molecule has 2 aromatic rings. The highest BCUT2D eigenvalue weighted by Crippen LogP contribution is 2.41. The van der Waals surface area contributed by atoms with Gasteiger partial charge in [0, 0.05) is 11.3 Å². The predicted octanol–water partition coefficient (Wildman–Crippen LogP) is 5.71. The molecule has 0 aromatic heterocycles. The zero-order valence-corrected chi connectivity index (χ0v) is 21.3. The fourth-order valence-electron chi connectivity index (χ4n) is 5.27. The lowest BCUT2D eigenvalue weighted by molar-refractivity contribution is 0.100. The third kappa shape index (κ3) is 5.73. The Hall–Kier alpha value is -2.14. The van der Waals surface area contributed by atoms with Crippen LogP contribution < -0.4 is 4.74 Å². The number of aliphatic hydroxyl groups excluding tert-OH is 2. The normalized spacial score (nSPS) is 16.0. The molecule has 0 unspecified atom stereocenters. The molecule has 0 amide bonds. The molecule has 2 aromatic carbocycles. The van der Waals surface area contributed by atoms with Gasteiger partial charge in [0.25, 0.3) is 0 Å². The van der Waals surface area contributed by atoms with E-state index in [0.717, 1.165) is 55.4 Å². The first-order chi connectivity index (χ1) is 16.3. The molecular weight excluding hydrogens is 424 g/mol. The third-order valence-corrected chi connectivity index (χ3v) is 7.79. The van der Waals surface area contributed by atoms with E-state index in [-0.39, 0.29) is 24.5 Å². The van der Waals surface area contributed by atoms with Gasteiger partial charge in [-0.15, -0.1) is 0 Å². The van der Waals surface area contributed by atoms with Crippen molar-refractivity contribution in [3.8, 4) is 5.75 Å². The fraction of sp³-hybridized carbons (Fsp3) is 0.533. The molecule has 0 spiro atoms. The molecule has 1 fully saturated rings. The van der Waals surface area contributed by atoms with Crippen LogP contribution >= 0.6 is 0 Å². The summed E-state index contributed by atoms with van der Waals surface area (Å²) in [7, 11) is 0. The molecule has 0 saturated heterocycles. The third-order valence-electron chi connectivity index (χ3n) is 7.79. The maximum absolute atomic E-state index is 10.7. The van der Waals surface area contributed by atoms with Crippen molar-refractivity contribution in [1.29, 1.82) is 0 Å². The number of hydrogen-bond acceptors (Lipinski definition) is 4. The van der Waals surface area contributed by atoms with E-state index in [9.17, 15) is 15.3 Å². The van der Waals surface area contributed by atoms with Crippen molar-refractivity contribution >= 4 is 6.08 Å². The summed E-state index contributed by atoms with van der Waals surface area (Å²) in [6, 6.07) is 13.1. The van der Waals surface area contributed by atoms with Crippen LogP contribution in [0, 0.1) is 19.8 Å². The van der Waals surface area contributed by atoms with Crippen molar-refractivity contribution in [2.75, 3.05) is 19.8 Å². The maximum Gasteiger partial charge on any atom is 0.122 e. The highest BCUT2D eigenvalue weighted by molar-refractivity contribution is 5.57. The minimum absolute atomic E-state index is 0.0910. The van der Waals surface area contributed by atoms with Crippen molar-refractivity contribution < 1.29 is 20.1 Å². The smallest absolute Gasteiger partial charge is 0.122 e. The summed E-state index contributed by atoms with van der Waals surface area (Å²) in [4.78, 5) is 0. The first-order valence-electron chi connectivity index (χ1n) is 12.8. The molecule has 1 saturated carbocycles. The Morgan fingerprint density at radius 3 is 2.06 bits per heavy atom. The van der Waals surface area contributed by atoms with Crippen LogP contribution in [0.4, 0.5) is 0 Å². The Morgan fingerprint density at radius 2 is 1.53 bits per heavy atom. The molecule has 0 aliphatic heterocycles. The van der Waals surface area contributed by atoms with Crippen molar-refractivity contribution in [1.82, 2.24) is 0 Å². The highest BCUT2D eigenvalue weighted by Gasteiger charge is 2.32. The van der Waals surface area contributed by atoms with Gasteiger partial charge in [0.05, 0.1) is 25.4 Å². The first-order valence-corrected chi connectivity index (χ1v) is 12.8. The molecule has 0 atom stereocenters. The molecule has 186 valence electrons. The van der Waals surface area contributed by atoms with E-state index >= 15 is 0 Å². The van der Waals surface area contributed by atoms with Crippen LogP contribution in [-0.4, -0.2) is 40.7 Å². The fourth-order valence-corrected chi connectivity index (χ4v) is 5.27. The standard InChI is InChI=1S/C30H42O4/c1-5-30(6-2,27-11-12-28(23(4)18-27)34-21-24(19-31)20-32)26-10-9-25(22(3)17-26)13-16-29(33)14-7-8-15-29/h9-13,16-18,24,31-33H,5-8,14-15,19-21H2,1-4H3. The van der Waals surface area contributed by atoms with E-state index in [1.54, 1.807) is 0 Å². The van der Waals surface area contributed by atoms with Gasteiger partial charge >= 0.3 is 0 Å². The summed E-state index contributed by atoms with van der Waals surface area (Å²) in [5.74, 6) is 0.521. The average molecular weight is 467 g/mol. The summed E-state index contributed by atoms with van der Waals surface area (Å²) >= 11 is 0. The Morgan fingerprint density at radius 1 is 0.941 bits per heavy atom. The summed E-state index contributed by atoms with van der Waals surface area (Å²) < 4.78 is 5.89. The number of benzene rings is 2. The maximum atomic E-state index is 10.7. The van der Waals surface area contributed by atoms with E-state index in [0.29, 0.717) is 6.61 Å². The zero-order chi connectivity index (χ0) is 24.8. The van der Waals surface area contributed by atoms with E-state index < -0.39 is 5.60 Å². The van der Waals surface area contributed by atoms with Crippen LogP contribution in [-0.2, 0) is 5.41 Å². The lowest BCUT2D eigenvalue weighted by atomic mass is 9.70. The monoisotopic (exact) mass is 466 g/mol. The van der Waals surface area contributed by atoms with Gasteiger partial charge in [-0.2, -0.15) is 0 Å². The summed E-state index contributed by atoms with van der Waals surface area (Å²) in [6.07, 6.45) is 9.96. The Kier molecular flexibility index (Phi) is 8.97. The SMILES string of the molecule is CCC(CC)(c1ccc(C=CC2(O)CCCC2)c(C)c1)c1ccc(OCC(CO)CO)c(C)c1. The van der Waals surface area contributed by atoms with E-state index in [1.165, 1.54) is 16.7 Å². The van der Waals surface area contributed by atoms with Gasteiger partial charge in [-0.05, 0) is 73.4 Å². The second-order valence-electron chi connectivity index (χ2n) is 10.0.